The van der Waals surface area contributed by atoms with Crippen molar-refractivity contribution in [3.63, 3.8) is 0 Å². The molecule has 2 N–H and O–H groups in total. The summed E-state index contributed by atoms with van der Waals surface area (Å²) in [5.74, 6) is -0.689. The Balaban J connectivity index is 1.85. The van der Waals surface area contributed by atoms with Gasteiger partial charge in [0.05, 0.1) is 5.56 Å². The van der Waals surface area contributed by atoms with Crippen LogP contribution in [0.15, 0.2) is 48.7 Å². The van der Waals surface area contributed by atoms with Crippen molar-refractivity contribution in [2.75, 3.05) is 5.32 Å². The number of amides is 1. The van der Waals surface area contributed by atoms with Crippen LogP contribution in [-0.4, -0.2) is 16.7 Å². The first kappa shape index (κ1) is 14.0. The molecule has 0 unspecified atom stereocenters. The van der Waals surface area contributed by atoms with Crippen molar-refractivity contribution in [1.29, 1.82) is 0 Å². The Morgan fingerprint density at radius 1 is 1.09 bits per heavy atom. The molecule has 0 spiro atoms. The molecule has 0 atom stereocenters. The van der Waals surface area contributed by atoms with Gasteiger partial charge in [0.2, 0.25) is 0 Å². The number of fused-ring (bicyclic) bond motifs is 1. The number of Topliss-reactive ketones (excluding diaryl/α,β-unsaturated/α-hetero) is 1. The second-order valence-corrected chi connectivity index (χ2v) is 4.98. The number of anilines is 1. The molecule has 0 aliphatic heterocycles. The Morgan fingerprint density at radius 3 is 2.50 bits per heavy atom. The van der Waals surface area contributed by atoms with Crippen LogP contribution in [0, 0.1) is 5.82 Å². The third-order valence-corrected chi connectivity index (χ3v) is 3.44. The van der Waals surface area contributed by atoms with Crippen LogP contribution >= 0.6 is 0 Å². The highest BCUT2D eigenvalue weighted by molar-refractivity contribution is 6.12. The highest BCUT2D eigenvalue weighted by atomic mass is 19.1. The van der Waals surface area contributed by atoms with Crippen molar-refractivity contribution in [3.8, 4) is 0 Å². The van der Waals surface area contributed by atoms with Crippen LogP contribution in [0.1, 0.15) is 27.6 Å². The summed E-state index contributed by atoms with van der Waals surface area (Å²) in [6.45, 7) is 1.48. The van der Waals surface area contributed by atoms with Crippen LogP contribution in [0.25, 0.3) is 10.9 Å². The maximum Gasteiger partial charge on any atom is 0.257 e. The second-order valence-electron chi connectivity index (χ2n) is 4.98. The average Bonchev–Trinajstić information content (AvgIpc) is 2.90. The van der Waals surface area contributed by atoms with Crippen LogP contribution in [0.4, 0.5) is 10.1 Å². The standard InChI is InChI=1S/C17H13FN2O2/c1-10(21)11-2-5-13(6-3-11)20-17(22)15-9-19-16-8-12(18)4-7-14(15)16/h2-9,19H,1H3,(H,20,22). The summed E-state index contributed by atoms with van der Waals surface area (Å²) < 4.78 is 13.1. The molecule has 4 nitrogen and oxygen atoms in total. The minimum Gasteiger partial charge on any atom is -0.360 e. The van der Waals surface area contributed by atoms with Crippen molar-refractivity contribution >= 4 is 28.3 Å². The van der Waals surface area contributed by atoms with E-state index in [1.807, 2.05) is 0 Å². The van der Waals surface area contributed by atoms with Crippen LogP contribution in [-0.2, 0) is 0 Å². The number of carbonyl (C=O) groups excluding carboxylic acids is 2. The third kappa shape index (κ3) is 2.61. The molecule has 0 bridgehead atoms. The quantitative estimate of drug-likeness (QED) is 0.723. The average molecular weight is 296 g/mol. The Hall–Kier alpha value is -2.95. The molecule has 1 heterocycles. The molecule has 0 saturated heterocycles. The van der Waals surface area contributed by atoms with Gasteiger partial charge in [-0.1, -0.05) is 0 Å². The van der Waals surface area contributed by atoms with Gasteiger partial charge in [-0.2, -0.15) is 0 Å². The van der Waals surface area contributed by atoms with Gasteiger partial charge in [-0.05, 0) is 49.4 Å². The number of benzene rings is 2. The van der Waals surface area contributed by atoms with E-state index in [9.17, 15) is 14.0 Å². The number of rotatable bonds is 3. The Labute approximate surface area is 126 Å². The lowest BCUT2D eigenvalue weighted by Gasteiger charge is -2.05. The van der Waals surface area contributed by atoms with E-state index in [1.54, 1.807) is 36.5 Å². The highest BCUT2D eigenvalue weighted by Gasteiger charge is 2.12. The van der Waals surface area contributed by atoms with Gasteiger partial charge in [0.15, 0.2) is 5.78 Å². The second kappa shape index (κ2) is 5.44. The normalized spacial score (nSPS) is 10.6. The third-order valence-electron chi connectivity index (χ3n) is 3.44. The molecule has 5 heteroatoms. The molecule has 2 aromatic carbocycles. The molecule has 0 radical (unpaired) electrons. The van der Waals surface area contributed by atoms with Crippen LogP contribution in [0.5, 0.6) is 0 Å². The van der Waals surface area contributed by atoms with E-state index in [-0.39, 0.29) is 17.5 Å². The van der Waals surface area contributed by atoms with Gasteiger partial charge in [-0.3, -0.25) is 9.59 Å². The van der Waals surface area contributed by atoms with Gasteiger partial charge in [0.25, 0.3) is 5.91 Å². The van der Waals surface area contributed by atoms with E-state index in [0.717, 1.165) is 0 Å². The number of hydrogen-bond donors (Lipinski definition) is 2. The van der Waals surface area contributed by atoms with Gasteiger partial charge >= 0.3 is 0 Å². The number of hydrogen-bond acceptors (Lipinski definition) is 2. The molecule has 22 heavy (non-hydrogen) atoms. The molecule has 1 aromatic heterocycles. The van der Waals surface area contributed by atoms with E-state index in [0.29, 0.717) is 27.7 Å². The lowest BCUT2D eigenvalue weighted by atomic mass is 10.1. The van der Waals surface area contributed by atoms with Crippen molar-refractivity contribution in [2.24, 2.45) is 0 Å². The number of halogens is 1. The minimum atomic E-state index is -0.360. The number of H-pyrrole nitrogens is 1. The fraction of sp³-hybridized carbons (Fsp3) is 0.0588. The van der Waals surface area contributed by atoms with Crippen molar-refractivity contribution in [2.45, 2.75) is 6.92 Å². The molecule has 0 aliphatic carbocycles. The van der Waals surface area contributed by atoms with E-state index in [2.05, 4.69) is 10.3 Å². The fourth-order valence-corrected chi connectivity index (χ4v) is 2.27. The maximum atomic E-state index is 13.1. The van der Waals surface area contributed by atoms with Crippen LogP contribution < -0.4 is 5.32 Å². The summed E-state index contributed by atoms with van der Waals surface area (Å²) in [6.07, 6.45) is 1.55. The molecule has 3 rings (SSSR count). The molecule has 3 aromatic rings. The molecule has 110 valence electrons. The van der Waals surface area contributed by atoms with Crippen LogP contribution in [0.2, 0.25) is 0 Å². The van der Waals surface area contributed by atoms with Gasteiger partial charge in [-0.15, -0.1) is 0 Å². The summed E-state index contributed by atoms with van der Waals surface area (Å²) >= 11 is 0. The monoisotopic (exact) mass is 296 g/mol. The fourth-order valence-electron chi connectivity index (χ4n) is 2.27. The first-order chi connectivity index (χ1) is 10.5. The summed E-state index contributed by atoms with van der Waals surface area (Å²) in [7, 11) is 0. The predicted molar refractivity (Wildman–Crippen MR) is 82.7 cm³/mol. The van der Waals surface area contributed by atoms with Crippen molar-refractivity contribution < 1.29 is 14.0 Å². The number of ketones is 1. The first-order valence-corrected chi connectivity index (χ1v) is 6.73. The maximum absolute atomic E-state index is 13.1. The van der Waals surface area contributed by atoms with Crippen molar-refractivity contribution in [1.82, 2.24) is 4.98 Å². The lowest BCUT2D eigenvalue weighted by Crippen LogP contribution is -2.11. The zero-order valence-corrected chi connectivity index (χ0v) is 11.8. The molecule has 0 aliphatic rings. The Kier molecular flexibility index (Phi) is 3.47. The summed E-state index contributed by atoms with van der Waals surface area (Å²) in [6, 6.07) is 10.9. The molecule has 0 saturated carbocycles. The van der Waals surface area contributed by atoms with Gasteiger partial charge in [-0.25, -0.2) is 4.39 Å². The van der Waals surface area contributed by atoms with Gasteiger partial charge in [0.1, 0.15) is 5.82 Å². The predicted octanol–water partition coefficient (Wildman–Crippen LogP) is 3.76. The van der Waals surface area contributed by atoms with Crippen molar-refractivity contribution in [3.05, 3.63) is 65.6 Å². The molecule has 0 fully saturated rings. The topological polar surface area (TPSA) is 62.0 Å². The van der Waals surface area contributed by atoms with E-state index >= 15 is 0 Å². The molecular formula is C17H13FN2O2. The number of carbonyl (C=O) groups is 2. The molecular weight excluding hydrogens is 283 g/mol. The summed E-state index contributed by atoms with van der Waals surface area (Å²) in [5.41, 5.74) is 2.18. The number of aromatic nitrogens is 1. The highest BCUT2D eigenvalue weighted by Crippen LogP contribution is 2.20. The Morgan fingerprint density at radius 2 is 1.82 bits per heavy atom. The summed E-state index contributed by atoms with van der Waals surface area (Å²) in [5, 5.41) is 3.41. The lowest BCUT2D eigenvalue weighted by molar-refractivity contribution is 0.101. The smallest absolute Gasteiger partial charge is 0.257 e. The largest absolute Gasteiger partial charge is 0.360 e. The minimum absolute atomic E-state index is 0.0310. The summed E-state index contributed by atoms with van der Waals surface area (Å²) in [4.78, 5) is 26.4. The van der Waals surface area contributed by atoms with E-state index in [4.69, 9.17) is 0 Å². The van der Waals surface area contributed by atoms with E-state index in [1.165, 1.54) is 19.1 Å². The van der Waals surface area contributed by atoms with Crippen LogP contribution in [0.3, 0.4) is 0 Å². The van der Waals surface area contributed by atoms with E-state index < -0.39 is 0 Å². The SMILES string of the molecule is CC(=O)c1ccc(NC(=O)c2c[nH]c3cc(F)ccc23)cc1. The zero-order valence-electron chi connectivity index (χ0n) is 11.8. The van der Waals surface area contributed by atoms with Gasteiger partial charge < -0.3 is 10.3 Å². The zero-order chi connectivity index (χ0) is 15.7. The number of aromatic amines is 1. The van der Waals surface area contributed by atoms with Gasteiger partial charge in [0, 0.05) is 28.4 Å². The number of nitrogens with one attached hydrogen (secondary N) is 2. The molecule has 1 amide bonds. The first-order valence-electron chi connectivity index (χ1n) is 6.73. The Bertz CT molecular complexity index is 866.